The van der Waals surface area contributed by atoms with Crippen LogP contribution in [0.3, 0.4) is 0 Å². The van der Waals surface area contributed by atoms with E-state index in [1.165, 1.54) is 24.3 Å². The summed E-state index contributed by atoms with van der Waals surface area (Å²) in [5, 5.41) is 16.0. The number of hydrogen-bond acceptors (Lipinski definition) is 7. The molecule has 0 atom stereocenters. The van der Waals surface area contributed by atoms with E-state index in [-0.39, 0.29) is 40.9 Å². The lowest BCUT2D eigenvalue weighted by molar-refractivity contribution is -0.119. The van der Waals surface area contributed by atoms with Gasteiger partial charge in [0, 0.05) is 5.39 Å². The summed E-state index contributed by atoms with van der Waals surface area (Å²) in [4.78, 5) is 48.5. The highest BCUT2D eigenvalue weighted by Gasteiger charge is 2.19. The van der Waals surface area contributed by atoms with Crippen molar-refractivity contribution in [1.82, 2.24) is 9.78 Å². The van der Waals surface area contributed by atoms with Gasteiger partial charge in [-0.1, -0.05) is 30.3 Å². The molecule has 30 heavy (non-hydrogen) atoms. The molecule has 1 aromatic heterocycles. The first-order chi connectivity index (χ1) is 14.4. The number of hydrogen-bond donors (Lipinski definition) is 3. The predicted molar refractivity (Wildman–Crippen MR) is 107 cm³/mol. The molecule has 0 saturated heterocycles. The number of anilines is 1. The van der Waals surface area contributed by atoms with Crippen molar-refractivity contribution in [2.75, 3.05) is 18.5 Å². The van der Waals surface area contributed by atoms with E-state index in [1.54, 1.807) is 24.3 Å². The van der Waals surface area contributed by atoms with Crippen molar-refractivity contribution in [1.29, 1.82) is 0 Å². The molecule has 0 saturated carbocycles. The van der Waals surface area contributed by atoms with Gasteiger partial charge in [-0.15, -0.1) is 0 Å². The van der Waals surface area contributed by atoms with E-state index in [1.807, 2.05) is 0 Å². The molecule has 3 aromatic rings. The van der Waals surface area contributed by atoms with Crippen LogP contribution in [0.1, 0.15) is 20.8 Å². The van der Waals surface area contributed by atoms with Crippen LogP contribution in [-0.2, 0) is 16.1 Å². The highest BCUT2D eigenvalue weighted by atomic mass is 16.5. The highest BCUT2D eigenvalue weighted by molar-refractivity contribution is 6.05. The van der Waals surface area contributed by atoms with E-state index in [0.29, 0.717) is 0 Å². The third kappa shape index (κ3) is 4.33. The van der Waals surface area contributed by atoms with Crippen LogP contribution in [0.2, 0.25) is 0 Å². The molecular formula is C20H18N4O6. The number of rotatable bonds is 7. The van der Waals surface area contributed by atoms with E-state index in [9.17, 15) is 19.2 Å². The Morgan fingerprint density at radius 2 is 1.73 bits per heavy atom. The first-order valence-electron chi connectivity index (χ1n) is 8.89. The van der Waals surface area contributed by atoms with E-state index < -0.39 is 29.9 Å². The molecule has 0 aliphatic carbocycles. The number of carbonyl (C=O) groups excluding carboxylic acids is 3. The molecule has 3 rings (SSSR count). The maximum atomic E-state index is 12.5. The Kier molecular flexibility index (Phi) is 6.18. The molecule has 0 aliphatic rings. The summed E-state index contributed by atoms with van der Waals surface area (Å²) in [7, 11) is 0. The van der Waals surface area contributed by atoms with Crippen molar-refractivity contribution in [2.24, 2.45) is 5.73 Å². The van der Waals surface area contributed by atoms with E-state index in [0.717, 1.165) is 4.68 Å². The van der Waals surface area contributed by atoms with Gasteiger partial charge in [0.15, 0.2) is 12.3 Å². The smallest absolute Gasteiger partial charge is 0.359 e. The van der Waals surface area contributed by atoms with Crippen LogP contribution in [0, 0.1) is 0 Å². The topological polar surface area (TPSA) is 154 Å². The number of nitrogens with two attached hydrogens (primary N) is 1. The number of nitrogens with one attached hydrogen (secondary N) is 1. The molecule has 0 unspecified atom stereocenters. The van der Waals surface area contributed by atoms with Gasteiger partial charge in [0.25, 0.3) is 17.4 Å². The summed E-state index contributed by atoms with van der Waals surface area (Å²) in [5.74, 6) is -2.33. The third-order valence-electron chi connectivity index (χ3n) is 4.17. The zero-order valence-electron chi connectivity index (χ0n) is 15.7. The second kappa shape index (κ2) is 8.97. The number of fused-ring (bicyclic) bond motifs is 1. The lowest BCUT2D eigenvalue weighted by atomic mass is 10.1. The van der Waals surface area contributed by atoms with E-state index in [4.69, 9.17) is 15.6 Å². The van der Waals surface area contributed by atoms with Gasteiger partial charge in [0.2, 0.25) is 0 Å². The normalized spacial score (nSPS) is 10.6. The summed E-state index contributed by atoms with van der Waals surface area (Å²) >= 11 is 0. The minimum atomic E-state index is -0.920. The third-order valence-corrected chi connectivity index (χ3v) is 4.17. The molecule has 0 aliphatic heterocycles. The summed E-state index contributed by atoms with van der Waals surface area (Å²) in [5.41, 5.74) is 4.94. The molecule has 10 heteroatoms. The lowest BCUT2D eigenvalue weighted by Crippen LogP contribution is -2.28. The van der Waals surface area contributed by atoms with Crippen LogP contribution < -0.4 is 16.6 Å². The minimum absolute atomic E-state index is 0.103. The molecule has 0 fully saturated rings. The molecule has 4 N–H and O–H groups in total. The zero-order chi connectivity index (χ0) is 21.7. The number of aliphatic hydroxyl groups excluding tert-OH is 1. The summed E-state index contributed by atoms with van der Waals surface area (Å²) in [6.45, 7) is -1.10. The van der Waals surface area contributed by atoms with Crippen molar-refractivity contribution in [2.45, 2.75) is 6.54 Å². The quantitative estimate of drug-likeness (QED) is 0.473. The Balaban J connectivity index is 1.79. The minimum Gasteiger partial charge on any atom is -0.451 e. The Labute approximate surface area is 169 Å². The SMILES string of the molecule is NC(=O)c1ccccc1NC(=O)COC(=O)c1nn(CCO)c(=O)c2ccccc12. The summed E-state index contributed by atoms with van der Waals surface area (Å²) in [6.07, 6.45) is 0. The van der Waals surface area contributed by atoms with Crippen LogP contribution >= 0.6 is 0 Å². The zero-order valence-corrected chi connectivity index (χ0v) is 15.7. The number of benzene rings is 2. The number of aromatic nitrogens is 2. The van der Waals surface area contributed by atoms with Crippen LogP contribution in [0.4, 0.5) is 5.69 Å². The maximum absolute atomic E-state index is 12.5. The standard InChI is InChI=1S/C20H18N4O6/c21-18(27)14-7-3-4-8-15(14)22-16(26)11-30-20(29)17-12-5-1-2-6-13(12)19(28)24(23-17)9-10-25/h1-8,25H,9-11H2,(H2,21,27)(H,22,26). The Hall–Kier alpha value is -4.05. The van der Waals surface area contributed by atoms with Gasteiger partial charge in [-0.05, 0) is 18.2 Å². The fourth-order valence-electron chi connectivity index (χ4n) is 2.82. The number of amides is 2. The van der Waals surface area contributed by atoms with Gasteiger partial charge in [-0.25, -0.2) is 9.48 Å². The van der Waals surface area contributed by atoms with Crippen LogP contribution in [-0.4, -0.2) is 45.9 Å². The van der Waals surface area contributed by atoms with E-state index >= 15 is 0 Å². The molecule has 2 amide bonds. The number of carbonyl (C=O) groups is 3. The number of primary amides is 1. The number of ether oxygens (including phenoxy) is 1. The second-order valence-corrected chi connectivity index (χ2v) is 6.18. The van der Waals surface area contributed by atoms with Crippen molar-refractivity contribution >= 4 is 34.2 Å². The average Bonchev–Trinajstić information content (AvgIpc) is 2.74. The lowest BCUT2D eigenvalue weighted by Gasteiger charge is -2.11. The molecule has 2 aromatic carbocycles. The second-order valence-electron chi connectivity index (χ2n) is 6.18. The largest absolute Gasteiger partial charge is 0.451 e. The monoisotopic (exact) mass is 410 g/mol. The molecule has 0 radical (unpaired) electrons. The van der Waals surface area contributed by atoms with Gasteiger partial charge in [0.05, 0.1) is 29.8 Å². The molecule has 154 valence electrons. The molecule has 0 spiro atoms. The average molecular weight is 410 g/mol. The number of para-hydroxylation sites is 1. The summed E-state index contributed by atoms with van der Waals surface area (Å²) in [6, 6.07) is 12.5. The van der Waals surface area contributed by atoms with Crippen molar-refractivity contribution < 1.29 is 24.2 Å². The van der Waals surface area contributed by atoms with Crippen LogP contribution in [0.25, 0.3) is 10.8 Å². The highest BCUT2D eigenvalue weighted by Crippen LogP contribution is 2.16. The predicted octanol–water partition coefficient (Wildman–Crippen LogP) is 0.283. The van der Waals surface area contributed by atoms with Crippen LogP contribution in [0.15, 0.2) is 53.3 Å². The number of nitrogens with zero attached hydrogens (tertiary/aromatic N) is 2. The number of esters is 1. The van der Waals surface area contributed by atoms with Gasteiger partial charge in [0.1, 0.15) is 0 Å². The van der Waals surface area contributed by atoms with Gasteiger partial charge in [-0.2, -0.15) is 5.10 Å². The first kappa shape index (κ1) is 20.7. The van der Waals surface area contributed by atoms with Gasteiger partial charge < -0.3 is 20.9 Å². The summed E-state index contributed by atoms with van der Waals surface area (Å²) < 4.78 is 6.00. The Bertz CT molecular complexity index is 1190. The van der Waals surface area contributed by atoms with E-state index in [2.05, 4.69) is 10.4 Å². The Morgan fingerprint density at radius 1 is 1.07 bits per heavy atom. The molecule has 10 nitrogen and oxygen atoms in total. The van der Waals surface area contributed by atoms with Gasteiger partial charge >= 0.3 is 5.97 Å². The fourth-order valence-corrected chi connectivity index (χ4v) is 2.82. The van der Waals surface area contributed by atoms with Gasteiger partial charge in [-0.3, -0.25) is 14.4 Å². The molecule has 0 bridgehead atoms. The number of aliphatic hydroxyl groups is 1. The molecular weight excluding hydrogens is 392 g/mol. The van der Waals surface area contributed by atoms with Crippen molar-refractivity contribution in [3.63, 3.8) is 0 Å². The fraction of sp³-hybridized carbons (Fsp3) is 0.150. The first-order valence-corrected chi connectivity index (χ1v) is 8.89. The Morgan fingerprint density at radius 3 is 2.43 bits per heavy atom. The van der Waals surface area contributed by atoms with Crippen molar-refractivity contribution in [3.05, 3.63) is 70.1 Å². The van der Waals surface area contributed by atoms with Crippen molar-refractivity contribution in [3.8, 4) is 0 Å². The van der Waals surface area contributed by atoms with Crippen LogP contribution in [0.5, 0.6) is 0 Å². The maximum Gasteiger partial charge on any atom is 0.359 e. The molecule has 1 heterocycles.